The Labute approximate surface area is 113 Å². The van der Waals surface area contributed by atoms with Gasteiger partial charge in [0, 0.05) is 5.39 Å². The fourth-order valence-electron chi connectivity index (χ4n) is 2.13. The maximum atomic E-state index is 13.6. The van der Waals surface area contributed by atoms with Crippen LogP contribution in [0.2, 0.25) is 0 Å². The molecule has 0 radical (unpaired) electrons. The number of para-hydroxylation sites is 1. The molecular formula is C16H10F2O2. The number of benzene rings is 2. The van der Waals surface area contributed by atoms with Gasteiger partial charge in [-0.2, -0.15) is 0 Å². The minimum Gasteiger partial charge on any atom is -0.452 e. The van der Waals surface area contributed by atoms with E-state index in [2.05, 4.69) is 0 Å². The molecule has 0 bridgehead atoms. The molecule has 2 aromatic carbocycles. The van der Waals surface area contributed by atoms with Crippen molar-refractivity contribution < 1.29 is 18.0 Å². The minimum absolute atomic E-state index is 0.00111. The van der Waals surface area contributed by atoms with Crippen LogP contribution in [0.1, 0.15) is 21.7 Å². The molecule has 0 atom stereocenters. The highest BCUT2D eigenvalue weighted by molar-refractivity contribution is 6.09. The summed E-state index contributed by atoms with van der Waals surface area (Å²) in [5.74, 6) is -2.88. The van der Waals surface area contributed by atoms with Crippen molar-refractivity contribution in [1.82, 2.24) is 0 Å². The molecule has 20 heavy (non-hydrogen) atoms. The molecule has 0 aliphatic rings. The number of carbonyl (C=O) groups excluding carboxylic acids is 1. The Kier molecular flexibility index (Phi) is 2.86. The highest BCUT2D eigenvalue weighted by Crippen LogP contribution is 2.25. The van der Waals surface area contributed by atoms with E-state index >= 15 is 0 Å². The average molecular weight is 272 g/mol. The molecule has 0 saturated heterocycles. The predicted molar refractivity (Wildman–Crippen MR) is 70.7 cm³/mol. The first-order valence-corrected chi connectivity index (χ1v) is 6.06. The smallest absolute Gasteiger partial charge is 0.231 e. The number of ketones is 1. The van der Waals surface area contributed by atoms with Gasteiger partial charge in [-0.15, -0.1) is 0 Å². The Hall–Kier alpha value is -2.49. The summed E-state index contributed by atoms with van der Waals surface area (Å²) in [5, 5.41) is 0.755. The van der Waals surface area contributed by atoms with E-state index in [1.54, 1.807) is 6.07 Å². The maximum Gasteiger partial charge on any atom is 0.231 e. The molecule has 3 rings (SSSR count). The Morgan fingerprint density at radius 3 is 2.60 bits per heavy atom. The Morgan fingerprint density at radius 2 is 1.85 bits per heavy atom. The molecule has 0 fully saturated rings. The molecule has 0 amide bonds. The van der Waals surface area contributed by atoms with Gasteiger partial charge in [-0.25, -0.2) is 8.78 Å². The van der Waals surface area contributed by atoms with Crippen molar-refractivity contribution >= 4 is 16.8 Å². The number of rotatable bonds is 2. The Bertz CT molecular complexity index is 818. The van der Waals surface area contributed by atoms with Crippen molar-refractivity contribution in [3.05, 3.63) is 71.0 Å². The second-order valence-electron chi connectivity index (χ2n) is 4.53. The lowest BCUT2D eigenvalue weighted by Crippen LogP contribution is -2.04. The molecule has 0 aliphatic heterocycles. The third-order valence-corrected chi connectivity index (χ3v) is 3.16. The van der Waals surface area contributed by atoms with Gasteiger partial charge in [-0.3, -0.25) is 4.79 Å². The summed E-state index contributed by atoms with van der Waals surface area (Å²) in [5.41, 5.74) is 1.12. The van der Waals surface area contributed by atoms with Crippen LogP contribution in [0.3, 0.4) is 0 Å². The number of furan rings is 1. The van der Waals surface area contributed by atoms with E-state index in [-0.39, 0.29) is 11.3 Å². The summed E-state index contributed by atoms with van der Waals surface area (Å²) in [6, 6.07) is 10.5. The summed E-state index contributed by atoms with van der Waals surface area (Å²) in [6.45, 7) is 1.85. The van der Waals surface area contributed by atoms with E-state index in [0.717, 1.165) is 17.0 Å². The van der Waals surface area contributed by atoms with Crippen LogP contribution in [0.5, 0.6) is 0 Å². The molecule has 1 aromatic heterocycles. The summed E-state index contributed by atoms with van der Waals surface area (Å²) >= 11 is 0. The molecule has 100 valence electrons. The van der Waals surface area contributed by atoms with Gasteiger partial charge in [0.05, 0.1) is 5.56 Å². The number of carbonyl (C=O) groups is 1. The van der Waals surface area contributed by atoms with Gasteiger partial charge >= 0.3 is 0 Å². The fourth-order valence-corrected chi connectivity index (χ4v) is 2.13. The topological polar surface area (TPSA) is 30.2 Å². The van der Waals surface area contributed by atoms with E-state index in [4.69, 9.17) is 4.42 Å². The lowest BCUT2D eigenvalue weighted by molar-refractivity contribution is 0.101. The molecule has 0 aliphatic carbocycles. The lowest BCUT2D eigenvalue weighted by atomic mass is 10.1. The molecule has 2 nitrogen and oxygen atoms in total. The van der Waals surface area contributed by atoms with Gasteiger partial charge in [-0.05, 0) is 30.7 Å². The SMILES string of the molecule is Cc1cccc2cc(C(=O)c3cccc(F)c3F)oc12. The maximum absolute atomic E-state index is 13.6. The molecule has 0 N–H and O–H groups in total. The van der Waals surface area contributed by atoms with Crippen LogP contribution in [0.15, 0.2) is 46.9 Å². The first kappa shape index (κ1) is 12.5. The lowest BCUT2D eigenvalue weighted by Gasteiger charge is -2.00. The van der Waals surface area contributed by atoms with Crippen molar-refractivity contribution in [1.29, 1.82) is 0 Å². The van der Waals surface area contributed by atoms with Gasteiger partial charge in [0.2, 0.25) is 5.78 Å². The van der Waals surface area contributed by atoms with Gasteiger partial charge in [0.1, 0.15) is 5.58 Å². The van der Waals surface area contributed by atoms with Crippen LogP contribution in [-0.4, -0.2) is 5.78 Å². The zero-order valence-corrected chi connectivity index (χ0v) is 10.6. The summed E-state index contributed by atoms with van der Waals surface area (Å²) in [4.78, 5) is 12.2. The third kappa shape index (κ3) is 1.90. The zero-order chi connectivity index (χ0) is 14.3. The second-order valence-corrected chi connectivity index (χ2v) is 4.53. The Balaban J connectivity index is 2.13. The molecule has 0 unspecified atom stereocenters. The van der Waals surface area contributed by atoms with Gasteiger partial charge in [0.15, 0.2) is 17.4 Å². The Morgan fingerprint density at radius 1 is 1.10 bits per heavy atom. The number of hydrogen-bond donors (Lipinski definition) is 0. The van der Waals surface area contributed by atoms with Crippen molar-refractivity contribution in [3.63, 3.8) is 0 Å². The van der Waals surface area contributed by atoms with Crippen molar-refractivity contribution in [2.75, 3.05) is 0 Å². The first-order chi connectivity index (χ1) is 9.58. The predicted octanol–water partition coefficient (Wildman–Crippen LogP) is 4.25. The van der Waals surface area contributed by atoms with Crippen molar-refractivity contribution in [2.24, 2.45) is 0 Å². The fraction of sp³-hybridized carbons (Fsp3) is 0.0625. The number of fused-ring (bicyclic) bond motifs is 1. The molecule has 0 spiro atoms. The number of hydrogen-bond acceptors (Lipinski definition) is 2. The second kappa shape index (κ2) is 4.56. The van der Waals surface area contributed by atoms with Crippen molar-refractivity contribution in [2.45, 2.75) is 6.92 Å². The zero-order valence-electron chi connectivity index (χ0n) is 10.6. The van der Waals surface area contributed by atoms with Crippen LogP contribution < -0.4 is 0 Å². The van der Waals surface area contributed by atoms with E-state index in [0.29, 0.717) is 5.58 Å². The van der Waals surface area contributed by atoms with Gasteiger partial charge < -0.3 is 4.42 Å². The summed E-state index contributed by atoms with van der Waals surface area (Å²) < 4.78 is 32.3. The molecule has 1 heterocycles. The van der Waals surface area contributed by atoms with Crippen LogP contribution in [0, 0.1) is 18.6 Å². The molecule has 4 heteroatoms. The third-order valence-electron chi connectivity index (χ3n) is 3.16. The number of aryl methyl sites for hydroxylation is 1. The quantitative estimate of drug-likeness (QED) is 0.653. The van der Waals surface area contributed by atoms with Crippen molar-refractivity contribution in [3.8, 4) is 0 Å². The van der Waals surface area contributed by atoms with E-state index in [1.807, 2.05) is 19.1 Å². The first-order valence-electron chi connectivity index (χ1n) is 6.06. The summed E-state index contributed by atoms with van der Waals surface area (Å²) in [6.07, 6.45) is 0. The highest BCUT2D eigenvalue weighted by atomic mass is 19.2. The van der Waals surface area contributed by atoms with E-state index in [9.17, 15) is 13.6 Å². The highest BCUT2D eigenvalue weighted by Gasteiger charge is 2.20. The van der Waals surface area contributed by atoms with Crippen LogP contribution >= 0.6 is 0 Å². The van der Waals surface area contributed by atoms with Crippen LogP contribution in [0.25, 0.3) is 11.0 Å². The van der Waals surface area contributed by atoms with Crippen LogP contribution in [-0.2, 0) is 0 Å². The van der Waals surface area contributed by atoms with Gasteiger partial charge in [-0.1, -0.05) is 24.3 Å². The normalized spacial score (nSPS) is 10.9. The summed E-state index contributed by atoms with van der Waals surface area (Å²) in [7, 11) is 0. The standard InChI is InChI=1S/C16H10F2O2/c1-9-4-2-5-10-8-13(20-16(9)10)15(19)11-6-3-7-12(17)14(11)18/h2-8H,1H3. The number of halogens is 2. The molecular weight excluding hydrogens is 262 g/mol. The van der Waals surface area contributed by atoms with Gasteiger partial charge in [0.25, 0.3) is 0 Å². The molecule has 3 aromatic rings. The average Bonchev–Trinajstić information content (AvgIpc) is 2.87. The van der Waals surface area contributed by atoms with E-state index < -0.39 is 17.4 Å². The van der Waals surface area contributed by atoms with Crippen LogP contribution in [0.4, 0.5) is 8.78 Å². The largest absolute Gasteiger partial charge is 0.452 e. The monoisotopic (exact) mass is 272 g/mol. The molecule has 0 saturated carbocycles. The van der Waals surface area contributed by atoms with E-state index in [1.165, 1.54) is 18.2 Å². The minimum atomic E-state index is -1.16.